The lowest BCUT2D eigenvalue weighted by Gasteiger charge is -2.05. The SMILES string of the molecule is OC1=C2N=C(C=C3C=CC(=N3)C=C3C=CC(=N3)C=C3C=CC1=N3)C(c1ccccc1)=C2O. The Hall–Kier alpha value is -4.58. The molecule has 8 bridgehead atoms. The number of hydrogen-bond acceptors (Lipinski definition) is 6. The molecule has 0 spiro atoms. The number of aliphatic hydroxyl groups is 2. The second kappa shape index (κ2) is 6.99. The Kier molecular flexibility index (Phi) is 3.98. The minimum atomic E-state index is -0.188. The fourth-order valence-corrected chi connectivity index (χ4v) is 3.89. The molecule has 2 N–H and O–H groups in total. The highest BCUT2D eigenvalue weighted by atomic mass is 16.3. The van der Waals surface area contributed by atoms with E-state index in [1.54, 1.807) is 18.2 Å². The van der Waals surface area contributed by atoms with Gasteiger partial charge in [-0.3, -0.25) is 0 Å². The Morgan fingerprint density at radius 2 is 1.16 bits per heavy atom. The predicted molar refractivity (Wildman–Crippen MR) is 127 cm³/mol. The van der Waals surface area contributed by atoms with E-state index in [1.165, 1.54) is 0 Å². The molecule has 152 valence electrons. The second-order valence-electron chi connectivity index (χ2n) is 7.56. The normalized spacial score (nSPS) is 20.8. The van der Waals surface area contributed by atoms with Crippen molar-refractivity contribution < 1.29 is 10.2 Å². The van der Waals surface area contributed by atoms with Gasteiger partial charge in [0.2, 0.25) is 0 Å². The van der Waals surface area contributed by atoms with Gasteiger partial charge in [0.25, 0.3) is 0 Å². The van der Waals surface area contributed by atoms with Crippen LogP contribution in [0.25, 0.3) is 5.57 Å². The van der Waals surface area contributed by atoms with E-state index in [0.717, 1.165) is 22.7 Å². The van der Waals surface area contributed by atoms with E-state index in [1.807, 2.05) is 66.8 Å². The number of aliphatic hydroxyl groups excluding tert-OH is 2. The molecule has 0 saturated carbocycles. The van der Waals surface area contributed by atoms with Crippen molar-refractivity contribution in [3.63, 3.8) is 0 Å². The van der Waals surface area contributed by atoms with Gasteiger partial charge in [0.05, 0.1) is 39.8 Å². The third-order valence-electron chi connectivity index (χ3n) is 5.38. The molecule has 0 unspecified atom stereocenters. The minimum Gasteiger partial charge on any atom is -0.505 e. The lowest BCUT2D eigenvalue weighted by molar-refractivity contribution is 0.400. The standard InChI is InChI=1S/C26H16N4O2/c31-25-21-11-10-19(29-21)13-18-7-6-16(27-18)12-17-8-9-20(28-17)14-22-23(26(32)24(25)30-22)15-4-2-1-3-5-15/h1-14,31-32H. The Labute approximate surface area is 183 Å². The van der Waals surface area contributed by atoms with Gasteiger partial charge in [-0.1, -0.05) is 30.3 Å². The summed E-state index contributed by atoms with van der Waals surface area (Å²) in [5.41, 5.74) is 5.91. The zero-order valence-corrected chi connectivity index (χ0v) is 16.8. The Balaban J connectivity index is 1.58. The maximum atomic E-state index is 11.1. The Bertz CT molecular complexity index is 1450. The lowest BCUT2D eigenvalue weighted by atomic mass is 10.00. The highest BCUT2D eigenvalue weighted by Crippen LogP contribution is 2.34. The maximum Gasteiger partial charge on any atom is 0.171 e. The molecule has 0 atom stereocenters. The molecule has 5 heterocycles. The quantitative estimate of drug-likeness (QED) is 0.683. The van der Waals surface area contributed by atoms with E-state index < -0.39 is 0 Å². The van der Waals surface area contributed by atoms with Gasteiger partial charge in [0, 0.05) is 0 Å². The van der Waals surface area contributed by atoms with Gasteiger partial charge in [0.15, 0.2) is 11.5 Å². The first-order valence-electron chi connectivity index (χ1n) is 10.1. The minimum absolute atomic E-state index is 0.0823. The van der Waals surface area contributed by atoms with E-state index in [0.29, 0.717) is 28.4 Å². The van der Waals surface area contributed by atoms with Crippen LogP contribution in [-0.4, -0.2) is 33.1 Å². The van der Waals surface area contributed by atoms with Crippen LogP contribution in [0.3, 0.4) is 0 Å². The van der Waals surface area contributed by atoms with Gasteiger partial charge in [-0.25, -0.2) is 20.0 Å². The fraction of sp³-hybridized carbons (Fsp3) is 0. The van der Waals surface area contributed by atoms with Crippen molar-refractivity contribution in [1.82, 2.24) is 0 Å². The molecular weight excluding hydrogens is 400 g/mol. The first-order chi connectivity index (χ1) is 15.6. The highest BCUT2D eigenvalue weighted by Gasteiger charge is 2.29. The van der Waals surface area contributed by atoms with Crippen molar-refractivity contribution in [3.8, 4) is 0 Å². The number of benzene rings is 1. The lowest BCUT2D eigenvalue weighted by Crippen LogP contribution is -2.01. The van der Waals surface area contributed by atoms with Gasteiger partial charge >= 0.3 is 0 Å². The topological polar surface area (TPSA) is 89.9 Å². The molecular formula is C26H16N4O2. The number of rotatable bonds is 1. The summed E-state index contributed by atoms with van der Waals surface area (Å²) < 4.78 is 0. The summed E-state index contributed by atoms with van der Waals surface area (Å²) in [6.45, 7) is 0. The van der Waals surface area contributed by atoms with Crippen LogP contribution < -0.4 is 0 Å². The van der Waals surface area contributed by atoms with Crippen LogP contribution in [0.4, 0.5) is 0 Å². The van der Waals surface area contributed by atoms with Crippen LogP contribution in [0.2, 0.25) is 0 Å². The summed E-state index contributed by atoms with van der Waals surface area (Å²) in [7, 11) is 0. The number of hydrogen-bond donors (Lipinski definition) is 2. The summed E-state index contributed by atoms with van der Waals surface area (Å²) in [4.78, 5) is 18.3. The molecule has 6 nitrogen and oxygen atoms in total. The molecule has 1 aromatic rings. The van der Waals surface area contributed by atoms with E-state index >= 15 is 0 Å². The Morgan fingerprint density at radius 1 is 0.531 bits per heavy atom. The molecule has 0 amide bonds. The number of aliphatic imine (C=N–C) groups is 4. The van der Waals surface area contributed by atoms with E-state index in [-0.39, 0.29) is 17.2 Å². The average Bonchev–Trinajstić information content (AvgIpc) is 3.58. The van der Waals surface area contributed by atoms with Crippen LogP contribution in [0, 0.1) is 0 Å². The van der Waals surface area contributed by atoms with Gasteiger partial charge < -0.3 is 10.2 Å². The number of allylic oxidation sites excluding steroid dienone is 10. The van der Waals surface area contributed by atoms with E-state index in [9.17, 15) is 10.2 Å². The van der Waals surface area contributed by atoms with E-state index in [4.69, 9.17) is 0 Å². The van der Waals surface area contributed by atoms with Crippen molar-refractivity contribution in [2.75, 3.05) is 0 Å². The summed E-state index contributed by atoms with van der Waals surface area (Å²) in [5.74, 6) is -0.287. The molecule has 6 heteroatoms. The Morgan fingerprint density at radius 3 is 1.88 bits per heavy atom. The molecule has 32 heavy (non-hydrogen) atoms. The van der Waals surface area contributed by atoms with Crippen LogP contribution in [0.5, 0.6) is 0 Å². The number of fused-ring (bicyclic) bond motifs is 4. The van der Waals surface area contributed by atoms with Crippen LogP contribution >= 0.6 is 0 Å². The van der Waals surface area contributed by atoms with Gasteiger partial charge in [-0.15, -0.1) is 0 Å². The highest BCUT2D eigenvalue weighted by molar-refractivity contribution is 6.33. The molecule has 0 aromatic heterocycles. The molecule has 0 saturated heterocycles. The molecule has 5 aliphatic rings. The summed E-state index contributed by atoms with van der Waals surface area (Å²) >= 11 is 0. The molecule has 5 aliphatic heterocycles. The maximum absolute atomic E-state index is 11.1. The molecule has 0 aliphatic carbocycles. The third kappa shape index (κ3) is 3.06. The van der Waals surface area contributed by atoms with E-state index in [2.05, 4.69) is 20.0 Å². The molecule has 0 fully saturated rings. The average molecular weight is 416 g/mol. The predicted octanol–water partition coefficient (Wildman–Crippen LogP) is 4.88. The monoisotopic (exact) mass is 416 g/mol. The zero-order valence-electron chi connectivity index (χ0n) is 16.8. The smallest absolute Gasteiger partial charge is 0.171 e. The van der Waals surface area contributed by atoms with Gasteiger partial charge in [-0.05, 0) is 60.2 Å². The van der Waals surface area contributed by atoms with Crippen molar-refractivity contribution in [3.05, 3.63) is 125 Å². The molecule has 1 aromatic carbocycles. The van der Waals surface area contributed by atoms with Crippen LogP contribution in [0.15, 0.2) is 139 Å². The van der Waals surface area contributed by atoms with Crippen molar-refractivity contribution in [2.45, 2.75) is 0 Å². The third-order valence-corrected chi connectivity index (χ3v) is 5.38. The largest absolute Gasteiger partial charge is 0.505 e. The van der Waals surface area contributed by atoms with Crippen molar-refractivity contribution >= 4 is 28.4 Å². The second-order valence-corrected chi connectivity index (χ2v) is 7.56. The van der Waals surface area contributed by atoms with Crippen molar-refractivity contribution in [2.24, 2.45) is 20.0 Å². The van der Waals surface area contributed by atoms with Crippen LogP contribution in [-0.2, 0) is 0 Å². The summed E-state index contributed by atoms with van der Waals surface area (Å²) in [6, 6.07) is 9.46. The van der Waals surface area contributed by atoms with Gasteiger partial charge in [0.1, 0.15) is 11.4 Å². The zero-order chi connectivity index (χ0) is 21.7. The van der Waals surface area contributed by atoms with Crippen LogP contribution in [0.1, 0.15) is 5.56 Å². The summed E-state index contributed by atoms with van der Waals surface area (Å²) in [5, 5.41) is 22.0. The summed E-state index contributed by atoms with van der Waals surface area (Å²) in [6.07, 6.45) is 16.6. The van der Waals surface area contributed by atoms with Gasteiger partial charge in [-0.2, -0.15) is 0 Å². The first-order valence-corrected chi connectivity index (χ1v) is 10.1. The first kappa shape index (κ1) is 18.2. The van der Waals surface area contributed by atoms with Crippen molar-refractivity contribution in [1.29, 1.82) is 0 Å². The molecule has 0 radical (unpaired) electrons. The fourth-order valence-electron chi connectivity index (χ4n) is 3.89. The number of nitrogens with zero attached hydrogens (tertiary/aromatic N) is 4. The molecule has 6 rings (SSSR count).